The van der Waals surface area contributed by atoms with Crippen LogP contribution < -0.4 is 9.47 Å². The molecule has 0 unspecified atom stereocenters. The van der Waals surface area contributed by atoms with E-state index in [1.165, 1.54) is 24.5 Å². The first-order valence-corrected chi connectivity index (χ1v) is 8.93. The van der Waals surface area contributed by atoms with Crippen molar-refractivity contribution in [2.24, 2.45) is 0 Å². The third-order valence-corrected chi connectivity index (χ3v) is 3.73. The van der Waals surface area contributed by atoms with Gasteiger partial charge in [-0.05, 0) is 60.7 Å². The van der Waals surface area contributed by atoms with Crippen LogP contribution in [0.1, 0.15) is 44.2 Å². The number of hydrogen-bond donors (Lipinski definition) is 0. The maximum absolute atomic E-state index is 11.9. The smallest absolute Gasteiger partial charge is 0.336 e. The number of esters is 1. The average molecular weight is 338 g/mol. The summed E-state index contributed by atoms with van der Waals surface area (Å²) in [6.07, 6.45) is 7.56. The van der Waals surface area contributed by atoms with Gasteiger partial charge in [-0.3, -0.25) is 0 Å². The van der Waals surface area contributed by atoms with E-state index in [-0.39, 0.29) is 5.97 Å². The van der Waals surface area contributed by atoms with Crippen LogP contribution in [0.15, 0.2) is 54.6 Å². The highest BCUT2D eigenvalue weighted by molar-refractivity contribution is 5.88. The fourth-order valence-corrected chi connectivity index (χ4v) is 2.31. The van der Waals surface area contributed by atoms with Gasteiger partial charge in [-0.15, -0.1) is 0 Å². The van der Waals surface area contributed by atoms with Crippen LogP contribution in [-0.4, -0.2) is 12.6 Å². The highest BCUT2D eigenvalue weighted by atomic mass is 16.5. The van der Waals surface area contributed by atoms with E-state index >= 15 is 0 Å². The van der Waals surface area contributed by atoms with Gasteiger partial charge in [-0.2, -0.15) is 0 Å². The van der Waals surface area contributed by atoms with Crippen molar-refractivity contribution in [1.82, 2.24) is 0 Å². The standard InChI is InChI=1S/C22H26O3/c1-3-5-6-18-9-14-21(15-10-18)25-22(23)16-11-19-7-12-20(13-8-19)24-17-4-2/h7-16H,3-6,17H2,1-2H3. The minimum atomic E-state index is -0.382. The predicted octanol–water partition coefficient (Wildman–Crippen LogP) is 5.44. The van der Waals surface area contributed by atoms with E-state index in [4.69, 9.17) is 9.47 Å². The number of unbranched alkanes of at least 4 members (excludes halogenated alkanes) is 1. The Labute approximate surface area is 150 Å². The van der Waals surface area contributed by atoms with E-state index in [9.17, 15) is 4.79 Å². The zero-order chi connectivity index (χ0) is 17.9. The lowest BCUT2D eigenvalue weighted by Gasteiger charge is -2.04. The van der Waals surface area contributed by atoms with E-state index < -0.39 is 0 Å². The van der Waals surface area contributed by atoms with Crippen molar-refractivity contribution in [3.63, 3.8) is 0 Å². The van der Waals surface area contributed by atoms with Crippen LogP contribution in [-0.2, 0) is 11.2 Å². The molecule has 0 fully saturated rings. The molecule has 0 spiro atoms. The molecule has 0 atom stereocenters. The van der Waals surface area contributed by atoms with Gasteiger partial charge in [0.25, 0.3) is 0 Å². The molecular formula is C22H26O3. The molecule has 0 saturated carbocycles. The zero-order valence-corrected chi connectivity index (χ0v) is 15.0. The van der Waals surface area contributed by atoms with Crippen LogP contribution in [0.3, 0.4) is 0 Å². The highest BCUT2D eigenvalue weighted by Gasteiger charge is 2.01. The summed E-state index contributed by atoms with van der Waals surface area (Å²) in [6, 6.07) is 15.3. The Morgan fingerprint density at radius 3 is 2.24 bits per heavy atom. The number of aryl methyl sites for hydroxylation is 1. The van der Waals surface area contributed by atoms with E-state index in [2.05, 4.69) is 13.8 Å². The predicted molar refractivity (Wildman–Crippen MR) is 102 cm³/mol. The molecule has 0 aliphatic heterocycles. The van der Waals surface area contributed by atoms with Gasteiger partial charge in [0.1, 0.15) is 11.5 Å². The number of carbonyl (C=O) groups excluding carboxylic acids is 1. The van der Waals surface area contributed by atoms with Crippen LogP contribution in [0.5, 0.6) is 11.5 Å². The van der Waals surface area contributed by atoms with Gasteiger partial charge in [-0.1, -0.05) is 44.5 Å². The number of ether oxygens (including phenoxy) is 2. The fourth-order valence-electron chi connectivity index (χ4n) is 2.31. The third-order valence-electron chi connectivity index (χ3n) is 3.73. The molecule has 25 heavy (non-hydrogen) atoms. The van der Waals surface area contributed by atoms with Gasteiger partial charge >= 0.3 is 5.97 Å². The lowest BCUT2D eigenvalue weighted by molar-refractivity contribution is -0.128. The summed E-state index contributed by atoms with van der Waals surface area (Å²) in [7, 11) is 0. The zero-order valence-electron chi connectivity index (χ0n) is 15.0. The second-order valence-corrected chi connectivity index (χ2v) is 5.92. The lowest BCUT2D eigenvalue weighted by atomic mass is 10.1. The number of benzene rings is 2. The van der Waals surface area contributed by atoms with Gasteiger partial charge in [0, 0.05) is 6.08 Å². The fraction of sp³-hybridized carbons (Fsp3) is 0.318. The monoisotopic (exact) mass is 338 g/mol. The van der Waals surface area contributed by atoms with Crippen LogP contribution in [0.4, 0.5) is 0 Å². The van der Waals surface area contributed by atoms with Gasteiger partial charge < -0.3 is 9.47 Å². The Bertz CT molecular complexity index is 669. The van der Waals surface area contributed by atoms with Crippen molar-refractivity contribution in [2.75, 3.05) is 6.61 Å². The lowest BCUT2D eigenvalue weighted by Crippen LogP contribution is -2.03. The maximum atomic E-state index is 11.9. The molecule has 2 rings (SSSR count). The van der Waals surface area contributed by atoms with E-state index in [1.54, 1.807) is 6.08 Å². The molecular weight excluding hydrogens is 312 g/mol. The van der Waals surface area contributed by atoms with E-state index in [1.807, 2.05) is 48.5 Å². The quantitative estimate of drug-likeness (QED) is 0.347. The van der Waals surface area contributed by atoms with Gasteiger partial charge in [0.15, 0.2) is 0 Å². The Morgan fingerprint density at radius 1 is 0.920 bits per heavy atom. The molecule has 0 aliphatic rings. The normalized spacial score (nSPS) is 10.8. The largest absolute Gasteiger partial charge is 0.494 e. The minimum Gasteiger partial charge on any atom is -0.494 e. The summed E-state index contributed by atoms with van der Waals surface area (Å²) in [4.78, 5) is 11.9. The molecule has 132 valence electrons. The molecule has 2 aromatic rings. The average Bonchev–Trinajstić information content (AvgIpc) is 2.65. The number of rotatable bonds is 9. The Morgan fingerprint density at radius 2 is 1.60 bits per heavy atom. The highest BCUT2D eigenvalue weighted by Crippen LogP contribution is 2.16. The first-order chi connectivity index (χ1) is 12.2. The van der Waals surface area contributed by atoms with Crippen LogP contribution in [0.2, 0.25) is 0 Å². The molecule has 2 aromatic carbocycles. The molecule has 0 N–H and O–H groups in total. The van der Waals surface area contributed by atoms with Crippen LogP contribution in [0.25, 0.3) is 6.08 Å². The van der Waals surface area contributed by atoms with E-state index in [0.29, 0.717) is 12.4 Å². The molecule has 0 saturated heterocycles. The van der Waals surface area contributed by atoms with Crippen molar-refractivity contribution in [3.05, 3.63) is 65.7 Å². The number of hydrogen-bond acceptors (Lipinski definition) is 3. The van der Waals surface area contributed by atoms with Crippen molar-refractivity contribution < 1.29 is 14.3 Å². The topological polar surface area (TPSA) is 35.5 Å². The summed E-state index contributed by atoms with van der Waals surface area (Å²) < 4.78 is 10.9. The van der Waals surface area contributed by atoms with Crippen molar-refractivity contribution in [3.8, 4) is 11.5 Å². The molecule has 0 heterocycles. The number of carbonyl (C=O) groups is 1. The first kappa shape index (κ1) is 18.8. The van der Waals surface area contributed by atoms with Crippen molar-refractivity contribution >= 4 is 12.0 Å². The maximum Gasteiger partial charge on any atom is 0.336 e. The Balaban J connectivity index is 1.85. The van der Waals surface area contributed by atoms with Gasteiger partial charge in [0.2, 0.25) is 0 Å². The molecule has 0 bridgehead atoms. The Kier molecular flexibility index (Phi) is 7.77. The third kappa shape index (κ3) is 6.84. The molecule has 0 amide bonds. The summed E-state index contributed by atoms with van der Waals surface area (Å²) in [5.41, 5.74) is 2.19. The summed E-state index contributed by atoms with van der Waals surface area (Å²) >= 11 is 0. The van der Waals surface area contributed by atoms with Crippen LogP contribution in [0, 0.1) is 0 Å². The molecule has 3 heteroatoms. The van der Waals surface area contributed by atoms with Crippen molar-refractivity contribution in [1.29, 1.82) is 0 Å². The second-order valence-electron chi connectivity index (χ2n) is 5.92. The summed E-state index contributed by atoms with van der Waals surface area (Å²) in [5.74, 6) is 1.02. The second kappa shape index (κ2) is 10.3. The summed E-state index contributed by atoms with van der Waals surface area (Å²) in [6.45, 7) is 4.95. The summed E-state index contributed by atoms with van der Waals surface area (Å²) in [5, 5.41) is 0. The SMILES string of the molecule is CCCCc1ccc(OC(=O)C=Cc2ccc(OCCC)cc2)cc1. The Hall–Kier alpha value is -2.55. The molecule has 0 aliphatic carbocycles. The molecule has 3 nitrogen and oxygen atoms in total. The van der Waals surface area contributed by atoms with Gasteiger partial charge in [0.05, 0.1) is 6.61 Å². The molecule has 0 radical (unpaired) electrons. The van der Waals surface area contributed by atoms with Crippen LogP contribution >= 0.6 is 0 Å². The first-order valence-electron chi connectivity index (χ1n) is 8.93. The van der Waals surface area contributed by atoms with E-state index in [0.717, 1.165) is 24.2 Å². The van der Waals surface area contributed by atoms with Crippen molar-refractivity contribution in [2.45, 2.75) is 39.5 Å². The minimum absolute atomic E-state index is 0.382. The van der Waals surface area contributed by atoms with Gasteiger partial charge in [-0.25, -0.2) is 4.79 Å². The molecule has 0 aromatic heterocycles.